The van der Waals surface area contributed by atoms with Gasteiger partial charge in [0.15, 0.2) is 0 Å². The van der Waals surface area contributed by atoms with Crippen molar-refractivity contribution in [3.8, 4) is 0 Å². The van der Waals surface area contributed by atoms with Gasteiger partial charge in [-0.3, -0.25) is 0 Å². The summed E-state index contributed by atoms with van der Waals surface area (Å²) in [6.07, 6.45) is 4.27. The Kier molecular flexibility index (Phi) is 4.97. The second kappa shape index (κ2) is 6.72. The first-order chi connectivity index (χ1) is 8.86. The fraction of sp³-hybridized carbons (Fsp3) is 0.125. The third-order valence-corrected chi connectivity index (χ3v) is 4.85. The van der Waals surface area contributed by atoms with E-state index in [2.05, 4.69) is 73.2 Å². The van der Waals surface area contributed by atoms with Crippen LogP contribution < -0.4 is 0 Å². The van der Waals surface area contributed by atoms with E-state index in [0.717, 1.165) is 0 Å². The molecule has 18 heavy (non-hydrogen) atoms. The maximum absolute atomic E-state index is 2.18. The second-order valence-corrected chi connectivity index (χ2v) is 5.69. The summed E-state index contributed by atoms with van der Waals surface area (Å²) >= 11 is 3.62. The average Bonchev–Trinajstić information content (AvgIpc) is 2.46. The molecule has 0 fully saturated rings. The summed E-state index contributed by atoms with van der Waals surface area (Å²) in [7, 11) is 0. The molecule has 0 aliphatic carbocycles. The Bertz CT molecular complexity index is 468. The van der Waals surface area contributed by atoms with Crippen LogP contribution in [-0.4, -0.2) is 12.5 Å². The summed E-state index contributed by atoms with van der Waals surface area (Å²) in [5, 5.41) is 0. The highest BCUT2D eigenvalue weighted by atomic mass is 32.2. The molecule has 92 valence electrons. The van der Waals surface area contributed by atoms with Crippen molar-refractivity contribution < 1.29 is 0 Å². The minimum atomic E-state index is 1.28. The first-order valence-corrected chi connectivity index (χ1v) is 8.25. The number of hydrogen-bond acceptors (Lipinski definition) is 2. The highest BCUT2D eigenvalue weighted by Gasteiger charge is 2.10. The summed E-state index contributed by atoms with van der Waals surface area (Å²) in [5.74, 6) is 0. The van der Waals surface area contributed by atoms with Crippen molar-refractivity contribution in [2.45, 2.75) is 0 Å². The number of benzene rings is 2. The molecular weight excluding hydrogens is 256 g/mol. The van der Waals surface area contributed by atoms with E-state index in [-0.39, 0.29) is 0 Å². The zero-order valence-corrected chi connectivity index (χ0v) is 12.2. The zero-order chi connectivity index (χ0) is 12.8. The maximum Gasteiger partial charge on any atom is 0.0480 e. The van der Waals surface area contributed by atoms with Crippen molar-refractivity contribution in [1.82, 2.24) is 0 Å². The number of rotatable bonds is 4. The molecule has 0 N–H and O–H groups in total. The summed E-state index contributed by atoms with van der Waals surface area (Å²) in [6.45, 7) is 0. The lowest BCUT2D eigenvalue weighted by Crippen LogP contribution is -1.90. The Labute approximate surface area is 118 Å². The summed E-state index contributed by atoms with van der Waals surface area (Å²) < 4.78 is 1.35. The molecule has 0 saturated carbocycles. The summed E-state index contributed by atoms with van der Waals surface area (Å²) in [5.41, 5.74) is 3.89. The average molecular weight is 272 g/mol. The van der Waals surface area contributed by atoms with Gasteiger partial charge in [-0.1, -0.05) is 60.7 Å². The van der Waals surface area contributed by atoms with E-state index in [1.54, 1.807) is 0 Å². The molecule has 0 spiro atoms. The van der Waals surface area contributed by atoms with Gasteiger partial charge in [-0.2, -0.15) is 0 Å². The van der Waals surface area contributed by atoms with Crippen molar-refractivity contribution in [2.75, 3.05) is 12.5 Å². The van der Waals surface area contributed by atoms with Crippen molar-refractivity contribution in [3.63, 3.8) is 0 Å². The van der Waals surface area contributed by atoms with E-state index < -0.39 is 0 Å². The van der Waals surface area contributed by atoms with Gasteiger partial charge in [0.05, 0.1) is 0 Å². The minimum absolute atomic E-state index is 1.28. The Morgan fingerprint density at radius 2 is 1.06 bits per heavy atom. The van der Waals surface area contributed by atoms with Gasteiger partial charge in [0, 0.05) is 9.81 Å². The number of thioether (sulfide) groups is 2. The van der Waals surface area contributed by atoms with E-state index in [1.807, 2.05) is 23.5 Å². The van der Waals surface area contributed by atoms with Gasteiger partial charge in [-0.25, -0.2) is 0 Å². The van der Waals surface area contributed by atoms with Gasteiger partial charge in [0.1, 0.15) is 0 Å². The van der Waals surface area contributed by atoms with Crippen LogP contribution in [-0.2, 0) is 0 Å². The van der Waals surface area contributed by atoms with Gasteiger partial charge in [-0.15, -0.1) is 23.5 Å². The monoisotopic (exact) mass is 272 g/mol. The van der Waals surface area contributed by atoms with Crippen molar-refractivity contribution in [2.24, 2.45) is 0 Å². The van der Waals surface area contributed by atoms with E-state index in [9.17, 15) is 0 Å². The first-order valence-electron chi connectivity index (χ1n) is 5.80. The molecule has 0 amide bonds. The van der Waals surface area contributed by atoms with Gasteiger partial charge in [0.2, 0.25) is 0 Å². The van der Waals surface area contributed by atoms with Crippen LogP contribution in [0.1, 0.15) is 11.1 Å². The molecular formula is C16H16S2. The largest absolute Gasteiger partial charge is 0.122 e. The fourth-order valence-electron chi connectivity index (χ4n) is 1.90. The molecule has 0 radical (unpaired) electrons. The van der Waals surface area contributed by atoms with Gasteiger partial charge in [-0.05, 0) is 23.6 Å². The van der Waals surface area contributed by atoms with Crippen LogP contribution in [0.4, 0.5) is 0 Å². The molecule has 0 atom stereocenters. The molecule has 2 heteroatoms. The highest BCUT2D eigenvalue weighted by Crippen LogP contribution is 2.36. The third kappa shape index (κ3) is 3.01. The summed E-state index contributed by atoms with van der Waals surface area (Å²) in [4.78, 5) is 0. The molecule has 0 aliphatic rings. The lowest BCUT2D eigenvalue weighted by atomic mass is 10.00. The Morgan fingerprint density at radius 1 is 0.667 bits per heavy atom. The lowest BCUT2D eigenvalue weighted by molar-refractivity contribution is 1.55. The van der Waals surface area contributed by atoms with Crippen molar-refractivity contribution in [1.29, 1.82) is 0 Å². The maximum atomic E-state index is 2.18. The second-order valence-electron chi connectivity index (χ2n) is 3.80. The van der Waals surface area contributed by atoms with Crippen LogP contribution in [0, 0.1) is 0 Å². The zero-order valence-electron chi connectivity index (χ0n) is 10.6. The third-order valence-electron chi connectivity index (χ3n) is 2.70. The summed E-state index contributed by atoms with van der Waals surface area (Å²) in [6, 6.07) is 21.2. The Hall–Kier alpha value is -1.12. The smallest absolute Gasteiger partial charge is 0.0480 e. The van der Waals surface area contributed by atoms with Crippen molar-refractivity contribution in [3.05, 3.63) is 76.0 Å². The van der Waals surface area contributed by atoms with Crippen LogP contribution >= 0.6 is 23.5 Å². The van der Waals surface area contributed by atoms with Crippen LogP contribution in [0.5, 0.6) is 0 Å². The van der Waals surface area contributed by atoms with E-state index in [0.29, 0.717) is 0 Å². The molecule has 0 nitrogen and oxygen atoms in total. The topological polar surface area (TPSA) is 0 Å². The Morgan fingerprint density at radius 3 is 1.39 bits per heavy atom. The van der Waals surface area contributed by atoms with Crippen LogP contribution in [0.25, 0.3) is 5.57 Å². The number of hydrogen-bond donors (Lipinski definition) is 0. The SMILES string of the molecule is CSC(SC)=C(c1ccccc1)c1ccccc1. The fourth-order valence-corrected chi connectivity index (χ4v) is 3.45. The molecule has 2 rings (SSSR count). The molecule has 0 bridgehead atoms. The van der Waals surface area contributed by atoms with Crippen LogP contribution in [0.2, 0.25) is 0 Å². The predicted octanol–water partition coefficient (Wildman–Crippen LogP) is 5.13. The van der Waals surface area contributed by atoms with E-state index >= 15 is 0 Å². The lowest BCUT2D eigenvalue weighted by Gasteiger charge is -2.13. The van der Waals surface area contributed by atoms with E-state index in [1.165, 1.54) is 20.9 Å². The quantitative estimate of drug-likeness (QED) is 0.756. The van der Waals surface area contributed by atoms with E-state index in [4.69, 9.17) is 0 Å². The van der Waals surface area contributed by atoms with Gasteiger partial charge in [0.25, 0.3) is 0 Å². The Balaban J connectivity index is 2.59. The van der Waals surface area contributed by atoms with Crippen molar-refractivity contribution >= 4 is 29.1 Å². The standard InChI is InChI=1S/C16H16S2/c1-17-16(18-2)15(13-9-5-3-6-10-13)14-11-7-4-8-12-14/h3-12H,1-2H3. The molecule has 0 aliphatic heterocycles. The van der Waals surface area contributed by atoms with Crippen LogP contribution in [0.15, 0.2) is 64.9 Å². The predicted molar refractivity (Wildman–Crippen MR) is 85.9 cm³/mol. The normalized spacial score (nSPS) is 10.1. The van der Waals surface area contributed by atoms with Crippen LogP contribution in [0.3, 0.4) is 0 Å². The van der Waals surface area contributed by atoms with Gasteiger partial charge < -0.3 is 0 Å². The minimum Gasteiger partial charge on any atom is -0.122 e. The molecule has 0 heterocycles. The van der Waals surface area contributed by atoms with Gasteiger partial charge >= 0.3 is 0 Å². The molecule has 2 aromatic carbocycles. The first kappa shape index (κ1) is 13.3. The molecule has 0 saturated heterocycles. The highest BCUT2D eigenvalue weighted by molar-refractivity contribution is 8.21. The molecule has 2 aromatic rings. The molecule has 0 aromatic heterocycles. The molecule has 0 unspecified atom stereocenters.